The third-order valence-corrected chi connectivity index (χ3v) is 4.73. The fraction of sp³-hybridized carbons (Fsp3) is 0. The summed E-state index contributed by atoms with van der Waals surface area (Å²) in [7, 11) is 0. The SMILES string of the molecule is O=C(Nc1ccc2oc(-c3ccc(Cl)cc3)nc2c1)c1cc(Cl)ccc1Cl. The number of aromatic nitrogens is 1. The molecule has 1 aromatic heterocycles. The van der Waals surface area contributed by atoms with Crippen molar-refractivity contribution < 1.29 is 9.21 Å². The van der Waals surface area contributed by atoms with Crippen LogP contribution in [0.25, 0.3) is 22.6 Å². The van der Waals surface area contributed by atoms with Gasteiger partial charge in [-0.3, -0.25) is 4.79 Å². The Morgan fingerprint density at radius 1 is 0.889 bits per heavy atom. The van der Waals surface area contributed by atoms with Crippen molar-refractivity contribution in [2.75, 3.05) is 5.32 Å². The van der Waals surface area contributed by atoms with Crippen LogP contribution in [0.3, 0.4) is 0 Å². The quantitative estimate of drug-likeness (QED) is 0.403. The molecule has 0 fully saturated rings. The number of oxazole rings is 1. The number of rotatable bonds is 3. The van der Waals surface area contributed by atoms with Crippen molar-refractivity contribution in [2.24, 2.45) is 0 Å². The second-order valence-electron chi connectivity index (χ2n) is 5.79. The first kappa shape index (κ1) is 17.9. The summed E-state index contributed by atoms with van der Waals surface area (Å²) in [5.74, 6) is 0.117. The van der Waals surface area contributed by atoms with Crippen molar-refractivity contribution in [3.8, 4) is 11.5 Å². The summed E-state index contributed by atoms with van der Waals surface area (Å²) in [4.78, 5) is 16.9. The minimum absolute atomic E-state index is 0.297. The minimum Gasteiger partial charge on any atom is -0.436 e. The van der Waals surface area contributed by atoms with Gasteiger partial charge in [0.25, 0.3) is 5.91 Å². The molecule has 0 aliphatic carbocycles. The molecule has 4 aromatic rings. The molecule has 7 heteroatoms. The third kappa shape index (κ3) is 3.78. The number of hydrogen-bond donors (Lipinski definition) is 1. The summed E-state index contributed by atoms with van der Waals surface area (Å²) in [5.41, 5.74) is 2.91. The molecule has 1 N–H and O–H groups in total. The molecule has 1 heterocycles. The largest absolute Gasteiger partial charge is 0.436 e. The average molecular weight is 418 g/mol. The zero-order valence-electron chi connectivity index (χ0n) is 13.7. The molecule has 27 heavy (non-hydrogen) atoms. The Morgan fingerprint density at radius 3 is 2.41 bits per heavy atom. The van der Waals surface area contributed by atoms with Crippen molar-refractivity contribution in [3.63, 3.8) is 0 Å². The van der Waals surface area contributed by atoms with Gasteiger partial charge >= 0.3 is 0 Å². The van der Waals surface area contributed by atoms with Gasteiger partial charge in [0.05, 0.1) is 10.6 Å². The summed E-state index contributed by atoms with van der Waals surface area (Å²) in [5, 5.41) is 4.19. The lowest BCUT2D eigenvalue weighted by atomic mass is 10.2. The molecule has 4 nitrogen and oxygen atoms in total. The molecule has 0 radical (unpaired) electrons. The highest BCUT2D eigenvalue weighted by Crippen LogP contribution is 2.28. The molecular formula is C20H11Cl3N2O2. The van der Waals surface area contributed by atoms with Crippen LogP contribution in [0.1, 0.15) is 10.4 Å². The summed E-state index contributed by atoms with van der Waals surface area (Å²) in [6.45, 7) is 0. The predicted molar refractivity (Wildman–Crippen MR) is 109 cm³/mol. The Morgan fingerprint density at radius 2 is 1.63 bits per heavy atom. The van der Waals surface area contributed by atoms with Gasteiger partial charge < -0.3 is 9.73 Å². The molecule has 0 bridgehead atoms. The first-order chi connectivity index (χ1) is 13.0. The summed E-state index contributed by atoms with van der Waals surface area (Å²) in [6, 6.07) is 17.1. The monoisotopic (exact) mass is 416 g/mol. The number of carbonyl (C=O) groups excluding carboxylic acids is 1. The maximum atomic E-state index is 12.5. The second kappa shape index (κ2) is 7.24. The highest BCUT2D eigenvalue weighted by Gasteiger charge is 2.13. The van der Waals surface area contributed by atoms with Crippen LogP contribution < -0.4 is 5.32 Å². The predicted octanol–water partition coefficient (Wildman–Crippen LogP) is 6.71. The van der Waals surface area contributed by atoms with Gasteiger partial charge in [0.2, 0.25) is 5.89 Å². The maximum Gasteiger partial charge on any atom is 0.257 e. The normalized spacial score (nSPS) is 10.9. The molecule has 134 valence electrons. The van der Waals surface area contributed by atoms with Crippen LogP contribution in [0.4, 0.5) is 5.69 Å². The third-order valence-electron chi connectivity index (χ3n) is 3.91. The Hall–Kier alpha value is -2.53. The molecule has 4 rings (SSSR count). The van der Waals surface area contributed by atoms with Crippen LogP contribution in [0.5, 0.6) is 0 Å². The first-order valence-electron chi connectivity index (χ1n) is 7.92. The van der Waals surface area contributed by atoms with Crippen molar-refractivity contribution in [1.29, 1.82) is 0 Å². The van der Waals surface area contributed by atoms with Crippen LogP contribution >= 0.6 is 34.8 Å². The van der Waals surface area contributed by atoms with E-state index < -0.39 is 0 Å². The average Bonchev–Trinajstić information content (AvgIpc) is 3.07. The van der Waals surface area contributed by atoms with Gasteiger partial charge in [-0.2, -0.15) is 0 Å². The molecule has 0 atom stereocenters. The van der Waals surface area contributed by atoms with Gasteiger partial charge in [-0.15, -0.1) is 0 Å². The van der Waals surface area contributed by atoms with Crippen LogP contribution in [0.15, 0.2) is 65.1 Å². The van der Waals surface area contributed by atoms with Crippen molar-refractivity contribution in [2.45, 2.75) is 0 Å². The standard InChI is InChI=1S/C20H11Cl3N2O2/c21-12-3-1-11(2-4-12)20-25-17-10-14(6-8-18(17)27-20)24-19(26)15-9-13(22)5-7-16(15)23/h1-10H,(H,24,26). The highest BCUT2D eigenvalue weighted by molar-refractivity contribution is 6.36. The smallest absolute Gasteiger partial charge is 0.257 e. The van der Waals surface area contributed by atoms with Gasteiger partial charge in [0.15, 0.2) is 5.58 Å². The van der Waals surface area contributed by atoms with Crippen molar-refractivity contribution in [1.82, 2.24) is 4.98 Å². The Kier molecular flexibility index (Phi) is 4.79. The number of nitrogens with one attached hydrogen (secondary N) is 1. The number of nitrogens with zero attached hydrogens (tertiary/aromatic N) is 1. The number of benzene rings is 3. The van der Waals surface area contributed by atoms with E-state index >= 15 is 0 Å². The molecule has 0 aliphatic heterocycles. The van der Waals surface area contributed by atoms with Gasteiger partial charge in [0.1, 0.15) is 5.52 Å². The molecule has 0 aliphatic rings. The zero-order valence-corrected chi connectivity index (χ0v) is 15.9. The van der Waals surface area contributed by atoms with Gasteiger partial charge in [-0.1, -0.05) is 34.8 Å². The maximum absolute atomic E-state index is 12.5. The highest BCUT2D eigenvalue weighted by atomic mass is 35.5. The molecule has 0 spiro atoms. The van der Waals surface area contributed by atoms with Crippen molar-refractivity contribution >= 4 is 57.5 Å². The molecule has 0 saturated heterocycles. The van der Waals surface area contributed by atoms with Gasteiger partial charge in [-0.25, -0.2) is 4.98 Å². The molecular weight excluding hydrogens is 407 g/mol. The van der Waals surface area contributed by atoms with E-state index in [4.69, 9.17) is 39.2 Å². The molecule has 0 unspecified atom stereocenters. The molecule has 0 saturated carbocycles. The molecule has 3 aromatic carbocycles. The summed E-state index contributed by atoms with van der Waals surface area (Å²) >= 11 is 17.9. The van der Waals surface area contributed by atoms with Gasteiger partial charge in [0, 0.05) is 21.3 Å². The number of halogens is 3. The fourth-order valence-electron chi connectivity index (χ4n) is 2.59. The number of fused-ring (bicyclic) bond motifs is 1. The lowest BCUT2D eigenvalue weighted by Gasteiger charge is -2.07. The Bertz CT molecular complexity index is 1150. The zero-order chi connectivity index (χ0) is 19.0. The number of carbonyl (C=O) groups is 1. The lowest BCUT2D eigenvalue weighted by molar-refractivity contribution is 0.102. The van der Waals surface area contributed by atoms with E-state index in [0.29, 0.717) is 43.3 Å². The van der Waals surface area contributed by atoms with Crippen LogP contribution in [0.2, 0.25) is 15.1 Å². The summed E-state index contributed by atoms with van der Waals surface area (Å²) in [6.07, 6.45) is 0. The fourth-order valence-corrected chi connectivity index (χ4v) is 3.09. The lowest BCUT2D eigenvalue weighted by Crippen LogP contribution is -2.12. The Labute approximate surface area is 169 Å². The van der Waals surface area contributed by atoms with Crippen LogP contribution in [-0.2, 0) is 0 Å². The Balaban J connectivity index is 1.62. The van der Waals surface area contributed by atoms with E-state index in [1.54, 1.807) is 42.5 Å². The van der Waals surface area contributed by atoms with Gasteiger partial charge in [-0.05, 0) is 60.7 Å². The summed E-state index contributed by atoms with van der Waals surface area (Å²) < 4.78 is 5.77. The molecule has 1 amide bonds. The van der Waals surface area contributed by atoms with Crippen LogP contribution in [-0.4, -0.2) is 10.9 Å². The van der Waals surface area contributed by atoms with E-state index in [9.17, 15) is 4.79 Å². The van der Waals surface area contributed by atoms with Crippen molar-refractivity contribution in [3.05, 3.63) is 81.3 Å². The minimum atomic E-state index is -0.358. The second-order valence-corrected chi connectivity index (χ2v) is 7.07. The topological polar surface area (TPSA) is 55.1 Å². The number of hydrogen-bond acceptors (Lipinski definition) is 3. The van der Waals surface area contributed by atoms with Crippen LogP contribution in [0, 0.1) is 0 Å². The number of anilines is 1. The van der Waals surface area contributed by atoms with E-state index in [1.807, 2.05) is 12.1 Å². The first-order valence-corrected chi connectivity index (χ1v) is 9.06. The number of amides is 1. The van der Waals surface area contributed by atoms with E-state index in [-0.39, 0.29) is 5.91 Å². The van der Waals surface area contributed by atoms with E-state index in [0.717, 1.165) is 5.56 Å². The van der Waals surface area contributed by atoms with E-state index in [1.165, 1.54) is 6.07 Å². The van der Waals surface area contributed by atoms with E-state index in [2.05, 4.69) is 10.3 Å².